The predicted molar refractivity (Wildman–Crippen MR) is 99.9 cm³/mol. The monoisotopic (exact) mass is 338 g/mol. The van der Waals surface area contributed by atoms with E-state index in [0.29, 0.717) is 11.6 Å². The molecule has 0 bridgehead atoms. The summed E-state index contributed by atoms with van der Waals surface area (Å²) in [4.78, 5) is 10.6. The van der Waals surface area contributed by atoms with Crippen LogP contribution in [0.3, 0.4) is 0 Å². The summed E-state index contributed by atoms with van der Waals surface area (Å²) in [7, 11) is 0. The summed E-state index contributed by atoms with van der Waals surface area (Å²) < 4.78 is 0. The first-order valence-corrected chi connectivity index (χ1v) is 9.12. The SMILES string of the molecule is CCC1CCCC2(C1)NC=C1C(C)=CC(Nc3cc(N)ncn3)=CN12. The Hall–Kier alpha value is -2.50. The number of nitrogen functional groups attached to an aromatic ring is 1. The first-order valence-electron chi connectivity index (χ1n) is 9.12. The molecule has 2 atom stereocenters. The highest BCUT2D eigenvalue weighted by atomic mass is 15.4. The number of hydrogen-bond acceptors (Lipinski definition) is 6. The van der Waals surface area contributed by atoms with Crippen LogP contribution in [0.15, 0.2) is 47.8 Å². The molecular formula is C19H26N6. The second-order valence-corrected chi connectivity index (χ2v) is 7.31. The minimum atomic E-state index is 0.0153. The van der Waals surface area contributed by atoms with Crippen molar-refractivity contribution in [3.8, 4) is 0 Å². The summed E-state index contributed by atoms with van der Waals surface area (Å²) in [6.45, 7) is 4.46. The van der Waals surface area contributed by atoms with E-state index in [1.54, 1.807) is 6.07 Å². The van der Waals surface area contributed by atoms with Crippen LogP contribution in [0.1, 0.15) is 46.0 Å². The van der Waals surface area contributed by atoms with Crippen LogP contribution in [0.4, 0.5) is 11.6 Å². The van der Waals surface area contributed by atoms with Crippen LogP contribution in [-0.4, -0.2) is 20.5 Å². The molecule has 1 aromatic rings. The van der Waals surface area contributed by atoms with Gasteiger partial charge in [0, 0.05) is 18.5 Å². The fourth-order valence-corrected chi connectivity index (χ4v) is 4.27. The van der Waals surface area contributed by atoms with E-state index in [1.165, 1.54) is 49.7 Å². The molecule has 4 rings (SSSR count). The van der Waals surface area contributed by atoms with E-state index in [2.05, 4.69) is 57.8 Å². The number of allylic oxidation sites excluding steroid dienone is 2. The normalized spacial score (nSPS) is 28.0. The van der Waals surface area contributed by atoms with Gasteiger partial charge in [0.2, 0.25) is 0 Å². The molecule has 1 aliphatic carbocycles. The average Bonchev–Trinajstić information content (AvgIpc) is 2.93. The lowest BCUT2D eigenvalue weighted by Crippen LogP contribution is -2.53. The summed E-state index contributed by atoms with van der Waals surface area (Å²) in [5.41, 5.74) is 9.31. The van der Waals surface area contributed by atoms with Gasteiger partial charge in [-0.2, -0.15) is 0 Å². The highest BCUT2D eigenvalue weighted by molar-refractivity contribution is 5.54. The maximum Gasteiger partial charge on any atom is 0.135 e. The molecule has 1 aromatic heterocycles. The van der Waals surface area contributed by atoms with Crippen molar-refractivity contribution in [2.75, 3.05) is 11.1 Å². The molecular weight excluding hydrogens is 312 g/mol. The van der Waals surface area contributed by atoms with Gasteiger partial charge in [-0.15, -0.1) is 0 Å². The zero-order valence-corrected chi connectivity index (χ0v) is 14.9. The van der Waals surface area contributed by atoms with Gasteiger partial charge in [0.25, 0.3) is 0 Å². The second kappa shape index (κ2) is 6.10. The van der Waals surface area contributed by atoms with Crippen molar-refractivity contribution in [2.45, 2.75) is 51.6 Å². The topological polar surface area (TPSA) is 79.1 Å². The van der Waals surface area contributed by atoms with Gasteiger partial charge in [0.05, 0.1) is 11.4 Å². The Labute approximate surface area is 148 Å². The Morgan fingerprint density at radius 1 is 1.44 bits per heavy atom. The Balaban J connectivity index is 1.62. The van der Waals surface area contributed by atoms with Crippen LogP contribution in [-0.2, 0) is 0 Å². The molecule has 1 saturated carbocycles. The number of nitrogens with one attached hydrogen (secondary N) is 2. The molecule has 4 N–H and O–H groups in total. The summed E-state index contributed by atoms with van der Waals surface area (Å²) >= 11 is 0. The Kier molecular flexibility index (Phi) is 3.90. The zero-order valence-electron chi connectivity index (χ0n) is 14.9. The Bertz CT molecular complexity index is 765. The lowest BCUT2D eigenvalue weighted by atomic mass is 9.79. The predicted octanol–water partition coefficient (Wildman–Crippen LogP) is 3.32. The van der Waals surface area contributed by atoms with Crippen LogP contribution in [0.25, 0.3) is 0 Å². The molecule has 3 heterocycles. The van der Waals surface area contributed by atoms with Crippen LogP contribution in [0.5, 0.6) is 0 Å². The van der Waals surface area contributed by atoms with Crippen molar-refractivity contribution in [3.05, 3.63) is 47.8 Å². The standard InChI is InChI=1S/C19H26N6/c1-3-14-5-4-6-19(9-14)23-10-16-13(2)7-15(11-25(16)19)24-18-8-17(20)21-12-22-18/h7-8,10-12,14,23H,3-6,9H2,1-2H3,(H3,20,21,22,24). The van der Waals surface area contributed by atoms with Crippen LogP contribution in [0.2, 0.25) is 0 Å². The average molecular weight is 338 g/mol. The second-order valence-electron chi connectivity index (χ2n) is 7.31. The molecule has 6 nitrogen and oxygen atoms in total. The highest BCUT2D eigenvalue weighted by Gasteiger charge is 2.45. The van der Waals surface area contributed by atoms with Gasteiger partial charge in [-0.3, -0.25) is 0 Å². The molecule has 0 saturated heterocycles. The van der Waals surface area contributed by atoms with Gasteiger partial charge >= 0.3 is 0 Å². The number of fused-ring (bicyclic) bond motifs is 2. The van der Waals surface area contributed by atoms with Gasteiger partial charge in [-0.25, -0.2) is 9.97 Å². The molecule has 1 fully saturated rings. The van der Waals surface area contributed by atoms with Gasteiger partial charge in [-0.05, 0) is 43.8 Å². The Morgan fingerprint density at radius 3 is 3.12 bits per heavy atom. The van der Waals surface area contributed by atoms with Crippen molar-refractivity contribution in [1.82, 2.24) is 20.2 Å². The number of aromatic nitrogens is 2. The molecule has 6 heteroatoms. The van der Waals surface area contributed by atoms with E-state index in [4.69, 9.17) is 5.73 Å². The molecule has 3 aliphatic rings. The van der Waals surface area contributed by atoms with Gasteiger partial charge in [0.15, 0.2) is 0 Å². The quantitative estimate of drug-likeness (QED) is 0.785. The minimum absolute atomic E-state index is 0.0153. The zero-order chi connectivity index (χ0) is 17.4. The first kappa shape index (κ1) is 16.0. The van der Waals surface area contributed by atoms with Crippen molar-refractivity contribution < 1.29 is 0 Å². The maximum atomic E-state index is 5.76. The highest BCUT2D eigenvalue weighted by Crippen LogP contribution is 2.44. The van der Waals surface area contributed by atoms with E-state index in [9.17, 15) is 0 Å². The lowest BCUT2D eigenvalue weighted by Gasteiger charge is -2.46. The van der Waals surface area contributed by atoms with Crippen molar-refractivity contribution in [1.29, 1.82) is 0 Å². The molecule has 25 heavy (non-hydrogen) atoms. The summed E-state index contributed by atoms with van der Waals surface area (Å²) in [6.07, 6.45) is 14.2. The van der Waals surface area contributed by atoms with E-state index in [0.717, 1.165) is 11.6 Å². The number of hydrogen-bond donors (Lipinski definition) is 3. The number of anilines is 2. The fourth-order valence-electron chi connectivity index (χ4n) is 4.27. The van der Waals surface area contributed by atoms with Crippen molar-refractivity contribution in [3.63, 3.8) is 0 Å². The summed E-state index contributed by atoms with van der Waals surface area (Å²) in [5, 5.41) is 7.08. The molecule has 0 amide bonds. The van der Waals surface area contributed by atoms with Gasteiger partial charge in [-0.1, -0.05) is 19.8 Å². The maximum absolute atomic E-state index is 5.76. The van der Waals surface area contributed by atoms with Gasteiger partial charge in [0.1, 0.15) is 23.6 Å². The first-order chi connectivity index (χ1) is 12.1. The minimum Gasteiger partial charge on any atom is -0.384 e. The summed E-state index contributed by atoms with van der Waals surface area (Å²) in [5.74, 6) is 1.96. The van der Waals surface area contributed by atoms with E-state index >= 15 is 0 Å². The van der Waals surface area contributed by atoms with Crippen LogP contribution >= 0.6 is 0 Å². The molecule has 132 valence electrons. The third kappa shape index (κ3) is 2.86. The van der Waals surface area contributed by atoms with Crippen LogP contribution < -0.4 is 16.4 Å². The molecule has 2 unspecified atom stereocenters. The van der Waals surface area contributed by atoms with E-state index in [1.807, 2.05) is 0 Å². The molecule has 1 spiro atoms. The van der Waals surface area contributed by atoms with Crippen molar-refractivity contribution in [2.24, 2.45) is 5.92 Å². The molecule has 0 aromatic carbocycles. The summed E-state index contributed by atoms with van der Waals surface area (Å²) in [6, 6.07) is 1.75. The third-order valence-electron chi connectivity index (χ3n) is 5.61. The van der Waals surface area contributed by atoms with Gasteiger partial charge < -0.3 is 21.3 Å². The van der Waals surface area contributed by atoms with E-state index < -0.39 is 0 Å². The number of rotatable bonds is 3. The number of nitrogens with zero attached hydrogens (tertiary/aromatic N) is 3. The van der Waals surface area contributed by atoms with E-state index in [-0.39, 0.29) is 5.66 Å². The molecule has 0 radical (unpaired) electrons. The Morgan fingerprint density at radius 2 is 2.32 bits per heavy atom. The number of nitrogens with two attached hydrogens (primary N) is 1. The molecule has 2 aliphatic heterocycles. The van der Waals surface area contributed by atoms with Crippen LogP contribution in [0, 0.1) is 5.92 Å². The largest absolute Gasteiger partial charge is 0.384 e. The fraction of sp³-hybridized carbons (Fsp3) is 0.474. The smallest absolute Gasteiger partial charge is 0.135 e. The third-order valence-corrected chi connectivity index (χ3v) is 5.61. The lowest BCUT2D eigenvalue weighted by molar-refractivity contribution is 0.0901. The van der Waals surface area contributed by atoms with Crippen molar-refractivity contribution >= 4 is 11.6 Å².